The van der Waals surface area contributed by atoms with Gasteiger partial charge in [0.05, 0.1) is 18.0 Å². The normalized spacial score (nSPS) is 12.8. The number of anilines is 1. The minimum atomic E-state index is -0.533. The number of carbonyl (C=O) groups is 1. The number of hydrogen-bond donors (Lipinski definition) is 3. The number of fused-ring (bicyclic) bond motifs is 1. The first-order valence-corrected chi connectivity index (χ1v) is 6.06. The minimum absolute atomic E-state index is 0.0407. The number of carbonyl (C=O) groups excluding carboxylic acids is 1. The van der Waals surface area contributed by atoms with Gasteiger partial charge in [0.2, 0.25) is 5.91 Å². The summed E-state index contributed by atoms with van der Waals surface area (Å²) in [6.07, 6.45) is 0. The molecule has 1 aromatic heterocycles. The third-order valence-electron chi connectivity index (χ3n) is 3.03. The summed E-state index contributed by atoms with van der Waals surface area (Å²) in [6.45, 7) is 3.54. The number of hydrogen-bond acceptors (Lipinski definition) is 4. The molecule has 0 radical (unpaired) electrons. The van der Waals surface area contributed by atoms with E-state index in [2.05, 4.69) is 10.3 Å². The van der Waals surface area contributed by atoms with Crippen LogP contribution in [0.25, 0.3) is 11.1 Å². The fourth-order valence-corrected chi connectivity index (χ4v) is 1.85. The van der Waals surface area contributed by atoms with Crippen LogP contribution in [0.1, 0.15) is 13.8 Å². The largest absolute Gasteiger partial charge is 0.417 e. The molecule has 6 nitrogen and oxygen atoms in total. The Morgan fingerprint density at radius 2 is 2.21 bits per heavy atom. The quantitative estimate of drug-likeness (QED) is 0.776. The molecule has 1 heterocycles. The topological polar surface area (TPSA) is 95.3 Å². The molecule has 2 rings (SSSR count). The number of oxazole rings is 1. The van der Waals surface area contributed by atoms with Crippen LogP contribution < -0.4 is 11.1 Å². The van der Waals surface area contributed by atoms with Crippen LogP contribution in [0.15, 0.2) is 27.4 Å². The highest BCUT2D eigenvalue weighted by atomic mass is 16.4. The highest BCUT2D eigenvalue weighted by molar-refractivity contribution is 5.94. The lowest BCUT2D eigenvalue weighted by atomic mass is 9.96. The van der Waals surface area contributed by atoms with Crippen LogP contribution in [0.2, 0.25) is 0 Å². The molecule has 3 N–H and O–H groups in total. The molecule has 0 bridgehead atoms. The number of H-pyrrole nitrogens is 1. The summed E-state index contributed by atoms with van der Waals surface area (Å²) in [5, 5.41) is 11.9. The Morgan fingerprint density at radius 1 is 1.47 bits per heavy atom. The van der Waals surface area contributed by atoms with Crippen molar-refractivity contribution in [1.82, 2.24) is 4.98 Å². The van der Waals surface area contributed by atoms with Crippen molar-refractivity contribution in [2.75, 3.05) is 11.9 Å². The molecule has 1 atom stereocenters. The predicted octanol–water partition coefficient (Wildman–Crippen LogP) is 1.32. The standard InChI is InChI=1S/C13H16N2O4/c1-7(2)9(6-16)12(17)14-8-3-4-10-11(5-8)19-13(18)15-10/h3-5,7,9,16H,6H2,1-2H3,(H,14,17)(H,15,18). The summed E-state index contributed by atoms with van der Waals surface area (Å²) in [4.78, 5) is 25.5. The third kappa shape index (κ3) is 2.85. The van der Waals surface area contributed by atoms with Crippen LogP contribution in [0.4, 0.5) is 5.69 Å². The van der Waals surface area contributed by atoms with Gasteiger partial charge in [-0.25, -0.2) is 4.79 Å². The smallest absolute Gasteiger partial charge is 0.408 e. The lowest BCUT2D eigenvalue weighted by Gasteiger charge is -2.17. The van der Waals surface area contributed by atoms with E-state index in [0.29, 0.717) is 16.8 Å². The summed E-state index contributed by atoms with van der Waals surface area (Å²) >= 11 is 0. The van der Waals surface area contributed by atoms with Crippen molar-refractivity contribution in [3.8, 4) is 0 Å². The van der Waals surface area contributed by atoms with E-state index < -0.39 is 11.7 Å². The number of aliphatic hydroxyl groups excluding tert-OH is 1. The molecular formula is C13H16N2O4. The summed E-state index contributed by atoms with van der Waals surface area (Å²) < 4.78 is 4.91. The second kappa shape index (κ2) is 5.27. The van der Waals surface area contributed by atoms with E-state index in [4.69, 9.17) is 4.42 Å². The van der Waals surface area contributed by atoms with Gasteiger partial charge in [0, 0.05) is 11.8 Å². The fourth-order valence-electron chi connectivity index (χ4n) is 1.85. The molecule has 19 heavy (non-hydrogen) atoms. The van der Waals surface area contributed by atoms with Gasteiger partial charge >= 0.3 is 5.76 Å². The average molecular weight is 264 g/mol. The second-order valence-corrected chi connectivity index (χ2v) is 4.75. The van der Waals surface area contributed by atoms with Crippen molar-refractivity contribution in [1.29, 1.82) is 0 Å². The minimum Gasteiger partial charge on any atom is -0.408 e. The number of benzene rings is 1. The van der Waals surface area contributed by atoms with E-state index in [9.17, 15) is 14.7 Å². The van der Waals surface area contributed by atoms with Gasteiger partial charge in [0.15, 0.2) is 5.58 Å². The van der Waals surface area contributed by atoms with Crippen LogP contribution in [-0.4, -0.2) is 22.6 Å². The molecule has 2 aromatic rings. The highest BCUT2D eigenvalue weighted by Crippen LogP contribution is 2.18. The Kier molecular flexibility index (Phi) is 3.71. The Hall–Kier alpha value is -2.08. The lowest BCUT2D eigenvalue weighted by molar-refractivity contribution is -0.122. The van der Waals surface area contributed by atoms with Crippen molar-refractivity contribution in [3.63, 3.8) is 0 Å². The second-order valence-electron chi connectivity index (χ2n) is 4.75. The first kappa shape index (κ1) is 13.4. The maximum absolute atomic E-state index is 12.0. The zero-order valence-corrected chi connectivity index (χ0v) is 10.8. The van der Waals surface area contributed by atoms with Crippen LogP contribution >= 0.6 is 0 Å². The van der Waals surface area contributed by atoms with Gasteiger partial charge in [-0.05, 0) is 18.1 Å². The average Bonchev–Trinajstić information content (AvgIpc) is 2.68. The molecule has 6 heteroatoms. The maximum atomic E-state index is 12.0. The fraction of sp³-hybridized carbons (Fsp3) is 0.385. The summed E-state index contributed by atoms with van der Waals surface area (Å²) in [7, 11) is 0. The number of aromatic amines is 1. The van der Waals surface area contributed by atoms with Crippen molar-refractivity contribution < 1.29 is 14.3 Å². The maximum Gasteiger partial charge on any atom is 0.417 e. The number of aliphatic hydroxyl groups is 1. The van der Waals surface area contributed by atoms with Gasteiger partial charge in [-0.2, -0.15) is 0 Å². The zero-order valence-electron chi connectivity index (χ0n) is 10.8. The molecule has 0 fully saturated rings. The molecule has 0 aliphatic carbocycles. The molecule has 0 aliphatic heterocycles. The van der Waals surface area contributed by atoms with Gasteiger partial charge in [0.1, 0.15) is 0 Å². The number of nitrogens with one attached hydrogen (secondary N) is 2. The van der Waals surface area contributed by atoms with Crippen LogP contribution in [-0.2, 0) is 4.79 Å². The number of rotatable bonds is 4. The van der Waals surface area contributed by atoms with Gasteiger partial charge in [-0.15, -0.1) is 0 Å². The van der Waals surface area contributed by atoms with Crippen LogP contribution in [0, 0.1) is 11.8 Å². The van der Waals surface area contributed by atoms with Crippen molar-refractivity contribution in [2.45, 2.75) is 13.8 Å². The molecular weight excluding hydrogens is 248 g/mol. The molecule has 1 aromatic carbocycles. The van der Waals surface area contributed by atoms with E-state index in [0.717, 1.165) is 0 Å². The Balaban J connectivity index is 2.21. The molecule has 0 spiro atoms. The van der Waals surface area contributed by atoms with E-state index in [-0.39, 0.29) is 18.4 Å². The Bertz CT molecular complexity index is 641. The number of aromatic nitrogens is 1. The first-order valence-electron chi connectivity index (χ1n) is 6.06. The van der Waals surface area contributed by atoms with Gasteiger partial charge in [-0.1, -0.05) is 13.8 Å². The monoisotopic (exact) mass is 264 g/mol. The summed E-state index contributed by atoms with van der Waals surface area (Å²) in [6, 6.07) is 4.89. The van der Waals surface area contributed by atoms with Gasteiger partial charge in [0.25, 0.3) is 0 Å². The van der Waals surface area contributed by atoms with Gasteiger partial charge < -0.3 is 14.8 Å². The molecule has 1 amide bonds. The van der Waals surface area contributed by atoms with E-state index in [1.165, 1.54) is 0 Å². The van der Waals surface area contributed by atoms with Gasteiger partial charge in [-0.3, -0.25) is 9.78 Å². The number of amides is 1. The highest BCUT2D eigenvalue weighted by Gasteiger charge is 2.21. The van der Waals surface area contributed by atoms with Crippen molar-refractivity contribution in [3.05, 3.63) is 28.7 Å². The summed E-state index contributed by atoms with van der Waals surface area (Å²) in [5.41, 5.74) is 1.48. The molecule has 0 saturated heterocycles. The van der Waals surface area contributed by atoms with Crippen molar-refractivity contribution in [2.24, 2.45) is 11.8 Å². The Labute approximate surface area is 109 Å². The Morgan fingerprint density at radius 3 is 2.84 bits per heavy atom. The third-order valence-corrected chi connectivity index (χ3v) is 3.03. The summed E-state index contributed by atoms with van der Waals surface area (Å²) in [5.74, 6) is -1.21. The van der Waals surface area contributed by atoms with E-state index in [1.54, 1.807) is 18.2 Å². The lowest BCUT2D eigenvalue weighted by Crippen LogP contribution is -2.29. The molecule has 1 unspecified atom stereocenters. The SMILES string of the molecule is CC(C)C(CO)C(=O)Nc1ccc2[nH]c(=O)oc2c1. The van der Waals surface area contributed by atoms with E-state index in [1.807, 2.05) is 13.8 Å². The van der Waals surface area contributed by atoms with Crippen molar-refractivity contribution >= 4 is 22.7 Å². The van der Waals surface area contributed by atoms with Crippen LogP contribution in [0.3, 0.4) is 0 Å². The molecule has 0 aliphatic rings. The molecule has 102 valence electrons. The van der Waals surface area contributed by atoms with Crippen LogP contribution in [0.5, 0.6) is 0 Å². The predicted molar refractivity (Wildman–Crippen MR) is 70.9 cm³/mol. The molecule has 0 saturated carbocycles. The zero-order chi connectivity index (χ0) is 14.0. The van der Waals surface area contributed by atoms with E-state index >= 15 is 0 Å². The first-order chi connectivity index (χ1) is 9.01.